The van der Waals surface area contributed by atoms with Crippen LogP contribution in [0.15, 0.2) is 48.7 Å². The first-order valence-corrected chi connectivity index (χ1v) is 8.40. The molecule has 0 saturated carbocycles. The number of halogens is 1. The minimum absolute atomic E-state index is 0.0694. The fourth-order valence-corrected chi connectivity index (χ4v) is 3.05. The van der Waals surface area contributed by atoms with Gasteiger partial charge >= 0.3 is 0 Å². The molecule has 0 saturated heterocycles. The molecule has 0 amide bonds. The van der Waals surface area contributed by atoms with Crippen LogP contribution in [0.25, 0.3) is 11.3 Å². The third-order valence-corrected chi connectivity index (χ3v) is 4.63. The van der Waals surface area contributed by atoms with Crippen LogP contribution in [-0.4, -0.2) is 21.7 Å². The lowest BCUT2D eigenvalue weighted by Gasteiger charge is -2.04. The zero-order valence-corrected chi connectivity index (χ0v) is 14.8. The van der Waals surface area contributed by atoms with Gasteiger partial charge in [-0.1, -0.05) is 23.7 Å². The molecule has 0 atom stereocenters. The van der Waals surface area contributed by atoms with Crippen molar-refractivity contribution >= 4 is 17.4 Å². The van der Waals surface area contributed by atoms with E-state index in [1.807, 2.05) is 12.1 Å². The number of imidazole rings is 1. The van der Waals surface area contributed by atoms with Gasteiger partial charge in [0.1, 0.15) is 0 Å². The highest BCUT2D eigenvalue weighted by Gasteiger charge is 2.17. The number of ether oxygens (including phenoxy) is 2. The molecular weight excluding hydrogens is 354 g/mol. The summed E-state index contributed by atoms with van der Waals surface area (Å²) >= 11 is 5.94. The molecule has 2 heterocycles. The number of hydrogen-bond donors (Lipinski definition) is 1. The molecule has 132 valence electrons. The van der Waals surface area contributed by atoms with Crippen molar-refractivity contribution in [2.45, 2.75) is 6.54 Å². The molecule has 2 aromatic carbocycles. The Hall–Kier alpha value is -2.99. The standard InChI is InChI=1S/C19H16ClN3O3/c1-22-15(12-2-5-14(20)6-3-12)9-23(19(22)21)10-16(24)13-4-7-17-18(8-13)26-11-25-17/h2-9,21H,10-11H2,1H3. The molecule has 3 aromatic rings. The van der Waals surface area contributed by atoms with Crippen LogP contribution in [0.3, 0.4) is 0 Å². The maximum absolute atomic E-state index is 12.6. The molecule has 0 unspecified atom stereocenters. The van der Waals surface area contributed by atoms with Crippen molar-refractivity contribution in [1.82, 2.24) is 9.13 Å². The maximum atomic E-state index is 12.6. The lowest BCUT2D eigenvalue weighted by molar-refractivity contribution is 0.0969. The van der Waals surface area contributed by atoms with Gasteiger partial charge in [-0.3, -0.25) is 10.2 Å². The van der Waals surface area contributed by atoms with E-state index in [0.717, 1.165) is 11.3 Å². The summed E-state index contributed by atoms with van der Waals surface area (Å²) in [5.74, 6) is 1.11. The third-order valence-electron chi connectivity index (χ3n) is 4.38. The summed E-state index contributed by atoms with van der Waals surface area (Å²) in [7, 11) is 1.80. The molecular formula is C19H16ClN3O3. The van der Waals surface area contributed by atoms with Gasteiger partial charge in [-0.25, -0.2) is 0 Å². The molecule has 0 aliphatic carbocycles. The van der Waals surface area contributed by atoms with E-state index in [-0.39, 0.29) is 24.7 Å². The Balaban J connectivity index is 1.62. The lowest BCUT2D eigenvalue weighted by Crippen LogP contribution is -2.25. The SMILES string of the molecule is Cn1c(-c2ccc(Cl)cc2)cn(CC(=O)c2ccc3c(c2)OCO3)c1=N. The predicted octanol–water partition coefficient (Wildman–Crippen LogP) is 3.24. The van der Waals surface area contributed by atoms with E-state index in [9.17, 15) is 4.79 Å². The molecule has 1 N–H and O–H groups in total. The van der Waals surface area contributed by atoms with Crippen LogP contribution >= 0.6 is 11.6 Å². The number of nitrogens with zero attached hydrogens (tertiary/aromatic N) is 2. The summed E-state index contributed by atoms with van der Waals surface area (Å²) in [6.45, 7) is 0.238. The summed E-state index contributed by atoms with van der Waals surface area (Å²) in [6, 6.07) is 12.5. The summed E-state index contributed by atoms with van der Waals surface area (Å²) in [5, 5.41) is 8.94. The van der Waals surface area contributed by atoms with Crippen LogP contribution < -0.4 is 15.1 Å². The molecule has 0 fully saturated rings. The molecule has 0 radical (unpaired) electrons. The van der Waals surface area contributed by atoms with Gasteiger partial charge in [0.05, 0.1) is 12.2 Å². The summed E-state index contributed by atoms with van der Waals surface area (Å²) < 4.78 is 13.9. The molecule has 1 aliphatic rings. The van der Waals surface area contributed by atoms with Gasteiger partial charge in [-0.15, -0.1) is 0 Å². The molecule has 0 bridgehead atoms. The Morgan fingerprint density at radius 3 is 2.65 bits per heavy atom. The number of benzene rings is 2. The fourth-order valence-electron chi connectivity index (χ4n) is 2.93. The summed E-state index contributed by atoms with van der Waals surface area (Å²) in [5.41, 5.74) is 2.53. The van der Waals surface area contributed by atoms with E-state index in [2.05, 4.69) is 0 Å². The Morgan fingerprint density at radius 2 is 1.88 bits per heavy atom. The molecule has 1 aliphatic heterocycles. The van der Waals surface area contributed by atoms with Crippen molar-refractivity contribution in [3.63, 3.8) is 0 Å². The second-order valence-corrected chi connectivity index (χ2v) is 6.46. The van der Waals surface area contributed by atoms with E-state index >= 15 is 0 Å². The van der Waals surface area contributed by atoms with Crippen molar-refractivity contribution in [2.24, 2.45) is 7.05 Å². The second-order valence-electron chi connectivity index (χ2n) is 6.02. The van der Waals surface area contributed by atoms with Crippen LogP contribution in [0.5, 0.6) is 11.5 Å². The molecule has 4 rings (SSSR count). The average Bonchev–Trinajstić information content (AvgIpc) is 3.22. The van der Waals surface area contributed by atoms with Crippen LogP contribution in [0.4, 0.5) is 0 Å². The largest absolute Gasteiger partial charge is 0.454 e. The molecule has 6 nitrogen and oxygen atoms in total. The number of aromatic nitrogens is 2. The summed E-state index contributed by atoms with van der Waals surface area (Å²) in [4.78, 5) is 12.6. The number of Topliss-reactive ketones (excluding diaryl/α,β-unsaturated/α-hetero) is 1. The highest BCUT2D eigenvalue weighted by atomic mass is 35.5. The first-order chi connectivity index (χ1) is 12.5. The van der Waals surface area contributed by atoms with Gasteiger partial charge < -0.3 is 18.6 Å². The van der Waals surface area contributed by atoms with Crippen LogP contribution in [0.2, 0.25) is 5.02 Å². The zero-order valence-electron chi connectivity index (χ0n) is 14.0. The van der Waals surface area contributed by atoms with Crippen LogP contribution in [0.1, 0.15) is 10.4 Å². The van der Waals surface area contributed by atoms with Gasteiger partial charge in [0.15, 0.2) is 17.3 Å². The molecule has 1 aromatic heterocycles. The maximum Gasteiger partial charge on any atom is 0.231 e. The van der Waals surface area contributed by atoms with Crippen LogP contribution in [-0.2, 0) is 13.6 Å². The van der Waals surface area contributed by atoms with Crippen molar-refractivity contribution in [1.29, 1.82) is 5.41 Å². The Kier molecular flexibility index (Phi) is 4.05. The van der Waals surface area contributed by atoms with E-state index < -0.39 is 0 Å². The van der Waals surface area contributed by atoms with Crippen molar-refractivity contribution in [3.8, 4) is 22.8 Å². The Morgan fingerprint density at radius 1 is 1.15 bits per heavy atom. The van der Waals surface area contributed by atoms with E-state index in [1.54, 1.807) is 52.7 Å². The average molecular weight is 370 g/mol. The van der Waals surface area contributed by atoms with E-state index in [1.165, 1.54) is 0 Å². The fraction of sp³-hybridized carbons (Fsp3) is 0.158. The van der Waals surface area contributed by atoms with Crippen molar-refractivity contribution in [2.75, 3.05) is 6.79 Å². The predicted molar refractivity (Wildman–Crippen MR) is 96.6 cm³/mol. The normalized spacial score (nSPS) is 12.4. The monoisotopic (exact) mass is 369 g/mol. The summed E-state index contributed by atoms with van der Waals surface area (Å²) in [6.07, 6.45) is 1.80. The number of carbonyl (C=O) groups excluding carboxylic acids is 1. The smallest absolute Gasteiger partial charge is 0.231 e. The number of nitrogens with one attached hydrogen (secondary N) is 1. The van der Waals surface area contributed by atoms with Gasteiger partial charge in [0, 0.05) is 23.8 Å². The first kappa shape index (κ1) is 16.5. The topological polar surface area (TPSA) is 69.2 Å². The minimum atomic E-state index is -0.102. The van der Waals surface area contributed by atoms with E-state index in [0.29, 0.717) is 22.1 Å². The first-order valence-electron chi connectivity index (χ1n) is 8.02. The van der Waals surface area contributed by atoms with Crippen molar-refractivity contribution in [3.05, 3.63) is 64.9 Å². The molecule has 26 heavy (non-hydrogen) atoms. The second kappa shape index (κ2) is 6.38. The Labute approximate surface area is 154 Å². The number of rotatable bonds is 4. The zero-order chi connectivity index (χ0) is 18.3. The van der Waals surface area contributed by atoms with Gasteiger partial charge in [0.25, 0.3) is 0 Å². The van der Waals surface area contributed by atoms with Crippen molar-refractivity contribution < 1.29 is 14.3 Å². The van der Waals surface area contributed by atoms with E-state index in [4.69, 9.17) is 26.5 Å². The quantitative estimate of drug-likeness (QED) is 0.718. The highest BCUT2D eigenvalue weighted by molar-refractivity contribution is 6.30. The third kappa shape index (κ3) is 2.88. The highest BCUT2D eigenvalue weighted by Crippen LogP contribution is 2.32. The van der Waals surface area contributed by atoms with Crippen LogP contribution in [0, 0.1) is 5.41 Å². The van der Waals surface area contributed by atoms with Gasteiger partial charge in [0.2, 0.25) is 12.4 Å². The Bertz CT molecular complexity index is 1050. The number of ketones is 1. The number of fused-ring (bicyclic) bond motifs is 1. The lowest BCUT2D eigenvalue weighted by atomic mass is 10.1. The molecule has 0 spiro atoms. The number of carbonyl (C=O) groups is 1. The minimum Gasteiger partial charge on any atom is -0.454 e. The van der Waals surface area contributed by atoms with Gasteiger partial charge in [-0.2, -0.15) is 0 Å². The number of hydrogen-bond acceptors (Lipinski definition) is 4. The molecule has 7 heteroatoms. The van der Waals surface area contributed by atoms with Gasteiger partial charge in [-0.05, 0) is 35.9 Å².